The molecule has 1 aromatic rings. The summed E-state index contributed by atoms with van der Waals surface area (Å²) in [6, 6.07) is 5.71. The van der Waals surface area contributed by atoms with Crippen LogP contribution in [0.5, 0.6) is 5.75 Å². The number of aromatic hydroxyl groups is 1. The molecule has 0 bridgehead atoms. The highest BCUT2D eigenvalue weighted by Gasteiger charge is 2.43. The van der Waals surface area contributed by atoms with E-state index in [0.29, 0.717) is 11.2 Å². The first kappa shape index (κ1) is 7.25. The normalized spacial score (nSPS) is 22.2. The highest BCUT2D eigenvalue weighted by Crippen LogP contribution is 2.50. The summed E-state index contributed by atoms with van der Waals surface area (Å²) in [5, 5.41) is 12.7. The van der Waals surface area contributed by atoms with Crippen LogP contribution in [0.25, 0.3) is 0 Å². The monoisotopic (exact) mass is 175 g/mol. The van der Waals surface area contributed by atoms with Gasteiger partial charge in [-0.1, -0.05) is 12.5 Å². The van der Waals surface area contributed by atoms with Gasteiger partial charge in [0, 0.05) is 23.7 Å². The van der Waals surface area contributed by atoms with E-state index in [-0.39, 0.29) is 0 Å². The van der Waals surface area contributed by atoms with E-state index in [4.69, 9.17) is 0 Å². The van der Waals surface area contributed by atoms with Crippen LogP contribution in [0.15, 0.2) is 18.2 Å². The molecule has 1 aliphatic heterocycles. The van der Waals surface area contributed by atoms with Crippen molar-refractivity contribution < 1.29 is 5.11 Å². The Morgan fingerprint density at radius 3 is 2.85 bits per heavy atom. The summed E-state index contributed by atoms with van der Waals surface area (Å²) < 4.78 is 0. The van der Waals surface area contributed by atoms with Gasteiger partial charge in [0.05, 0.1) is 0 Å². The highest BCUT2D eigenvalue weighted by molar-refractivity contribution is 5.63. The Morgan fingerprint density at radius 1 is 1.31 bits per heavy atom. The molecule has 1 aliphatic carbocycles. The molecule has 1 spiro atoms. The van der Waals surface area contributed by atoms with Crippen molar-refractivity contribution in [2.75, 3.05) is 11.9 Å². The van der Waals surface area contributed by atoms with Gasteiger partial charge in [0.25, 0.3) is 0 Å². The molecule has 0 unspecified atom stereocenters. The van der Waals surface area contributed by atoms with Crippen molar-refractivity contribution in [1.29, 1.82) is 0 Å². The number of phenolic OH excluding ortho intramolecular Hbond substituents is 1. The van der Waals surface area contributed by atoms with E-state index in [1.807, 2.05) is 6.07 Å². The zero-order valence-corrected chi connectivity index (χ0v) is 7.51. The number of nitrogens with one attached hydrogen (secondary N) is 1. The molecule has 3 rings (SSSR count). The maximum absolute atomic E-state index is 9.32. The van der Waals surface area contributed by atoms with Crippen LogP contribution in [0.2, 0.25) is 0 Å². The van der Waals surface area contributed by atoms with E-state index in [1.54, 1.807) is 6.07 Å². The van der Waals surface area contributed by atoms with Gasteiger partial charge < -0.3 is 10.4 Å². The van der Waals surface area contributed by atoms with Crippen molar-refractivity contribution in [3.8, 4) is 5.75 Å². The third kappa shape index (κ3) is 0.831. The van der Waals surface area contributed by atoms with Crippen LogP contribution in [0.3, 0.4) is 0 Å². The van der Waals surface area contributed by atoms with Crippen LogP contribution in [-0.2, 0) is 5.41 Å². The van der Waals surface area contributed by atoms with Gasteiger partial charge >= 0.3 is 0 Å². The third-order valence-electron chi connectivity index (χ3n) is 3.50. The summed E-state index contributed by atoms with van der Waals surface area (Å²) >= 11 is 0. The van der Waals surface area contributed by atoms with Gasteiger partial charge in [-0.3, -0.25) is 0 Å². The van der Waals surface area contributed by atoms with Crippen LogP contribution in [0.1, 0.15) is 24.8 Å². The lowest BCUT2D eigenvalue weighted by atomic mass is 9.66. The van der Waals surface area contributed by atoms with E-state index in [2.05, 4.69) is 11.4 Å². The Hall–Kier alpha value is -1.18. The number of benzene rings is 1. The number of fused-ring (bicyclic) bond motifs is 2. The van der Waals surface area contributed by atoms with Gasteiger partial charge in [-0.05, 0) is 24.5 Å². The van der Waals surface area contributed by atoms with Gasteiger partial charge in [-0.25, -0.2) is 0 Å². The molecule has 1 heterocycles. The summed E-state index contributed by atoms with van der Waals surface area (Å²) in [6.45, 7) is 1.06. The van der Waals surface area contributed by atoms with E-state index in [1.165, 1.54) is 24.8 Å². The van der Waals surface area contributed by atoms with Crippen molar-refractivity contribution >= 4 is 5.69 Å². The molecule has 2 nitrogen and oxygen atoms in total. The number of rotatable bonds is 0. The Bertz CT molecular complexity index is 355. The summed E-state index contributed by atoms with van der Waals surface area (Å²) in [7, 11) is 0. The molecule has 68 valence electrons. The smallest absolute Gasteiger partial charge is 0.117 e. The molecule has 2 heteroatoms. The molecule has 2 N–H and O–H groups in total. The predicted molar refractivity (Wildman–Crippen MR) is 52.1 cm³/mol. The number of hydrogen-bond acceptors (Lipinski definition) is 2. The van der Waals surface area contributed by atoms with E-state index in [0.717, 1.165) is 12.2 Å². The minimum Gasteiger partial charge on any atom is -0.508 e. The van der Waals surface area contributed by atoms with E-state index >= 15 is 0 Å². The molecule has 0 radical (unpaired) electrons. The maximum Gasteiger partial charge on any atom is 0.117 e. The first-order chi connectivity index (χ1) is 6.30. The Kier molecular flexibility index (Phi) is 1.22. The van der Waals surface area contributed by atoms with Gasteiger partial charge in [0.15, 0.2) is 0 Å². The van der Waals surface area contributed by atoms with E-state index < -0.39 is 0 Å². The molecule has 0 aromatic heterocycles. The molecule has 1 fully saturated rings. The zero-order valence-electron chi connectivity index (χ0n) is 7.51. The van der Waals surface area contributed by atoms with Crippen molar-refractivity contribution in [3.63, 3.8) is 0 Å². The highest BCUT2D eigenvalue weighted by atomic mass is 16.3. The first-order valence-corrected chi connectivity index (χ1v) is 4.88. The third-order valence-corrected chi connectivity index (χ3v) is 3.50. The first-order valence-electron chi connectivity index (χ1n) is 4.88. The lowest BCUT2D eigenvalue weighted by molar-refractivity contribution is 0.272. The molecule has 2 aliphatic rings. The second-order valence-electron chi connectivity index (χ2n) is 4.22. The summed E-state index contributed by atoms with van der Waals surface area (Å²) in [5.74, 6) is 0.364. The molecule has 1 saturated carbocycles. The van der Waals surface area contributed by atoms with Crippen LogP contribution in [0, 0.1) is 0 Å². The molecule has 13 heavy (non-hydrogen) atoms. The lowest BCUT2D eigenvalue weighted by Crippen LogP contribution is -2.35. The Balaban J connectivity index is 2.11. The largest absolute Gasteiger partial charge is 0.508 e. The predicted octanol–water partition coefficient (Wildman–Crippen LogP) is 2.24. The lowest BCUT2D eigenvalue weighted by Gasteiger charge is -2.38. The number of hydrogen-bond donors (Lipinski definition) is 2. The van der Waals surface area contributed by atoms with Crippen molar-refractivity contribution in [1.82, 2.24) is 0 Å². The fourth-order valence-electron chi connectivity index (χ4n) is 2.55. The average Bonchev–Trinajstić information content (AvgIpc) is 2.41. The Labute approximate surface area is 77.6 Å². The zero-order chi connectivity index (χ0) is 8.89. The summed E-state index contributed by atoms with van der Waals surface area (Å²) in [4.78, 5) is 0. The van der Waals surface area contributed by atoms with Crippen molar-refractivity contribution in [3.05, 3.63) is 23.8 Å². The molecule has 0 atom stereocenters. The van der Waals surface area contributed by atoms with Gasteiger partial charge in [0.1, 0.15) is 5.75 Å². The van der Waals surface area contributed by atoms with Crippen LogP contribution in [-0.4, -0.2) is 11.7 Å². The van der Waals surface area contributed by atoms with Gasteiger partial charge in [0.2, 0.25) is 0 Å². The Morgan fingerprint density at radius 2 is 2.15 bits per heavy atom. The quantitative estimate of drug-likeness (QED) is 0.633. The summed E-state index contributed by atoms with van der Waals surface area (Å²) in [6.07, 6.45) is 3.96. The van der Waals surface area contributed by atoms with Crippen molar-refractivity contribution in [2.45, 2.75) is 24.7 Å². The molecular formula is C11H13NO. The average molecular weight is 175 g/mol. The second kappa shape index (κ2) is 2.19. The topological polar surface area (TPSA) is 32.3 Å². The van der Waals surface area contributed by atoms with Crippen LogP contribution < -0.4 is 5.32 Å². The standard InChI is InChI=1S/C11H13NO/c13-8-2-3-9-10(6-8)12-7-11(9)4-1-5-11/h2-3,6,12-13H,1,4-5,7H2. The van der Waals surface area contributed by atoms with Gasteiger partial charge in [-0.15, -0.1) is 0 Å². The van der Waals surface area contributed by atoms with E-state index in [9.17, 15) is 5.11 Å². The fourth-order valence-corrected chi connectivity index (χ4v) is 2.55. The van der Waals surface area contributed by atoms with Crippen molar-refractivity contribution in [2.24, 2.45) is 0 Å². The minimum absolute atomic E-state index is 0.364. The van der Waals surface area contributed by atoms with Crippen LogP contribution >= 0.6 is 0 Å². The molecule has 0 amide bonds. The van der Waals surface area contributed by atoms with Gasteiger partial charge in [-0.2, -0.15) is 0 Å². The maximum atomic E-state index is 9.32. The molecule has 0 saturated heterocycles. The molecular weight excluding hydrogens is 162 g/mol. The second-order valence-corrected chi connectivity index (χ2v) is 4.22. The fraction of sp³-hybridized carbons (Fsp3) is 0.455. The molecule has 1 aromatic carbocycles. The SMILES string of the molecule is Oc1ccc2c(c1)NCC21CCC1. The number of phenols is 1. The van der Waals surface area contributed by atoms with Crippen LogP contribution in [0.4, 0.5) is 5.69 Å². The number of anilines is 1. The minimum atomic E-state index is 0.364. The summed E-state index contributed by atoms with van der Waals surface area (Å²) in [5.41, 5.74) is 2.97.